The molecule has 0 fully saturated rings. The van der Waals surface area contributed by atoms with E-state index < -0.39 is 7.14 Å². The minimum absolute atomic E-state index is 0.345. The molecule has 0 heterocycles. The summed E-state index contributed by atoms with van der Waals surface area (Å²) in [7, 11) is -3.00. The maximum Gasteiger partial charge on any atom is 0.154 e. The minimum atomic E-state index is -3.00. The van der Waals surface area contributed by atoms with Gasteiger partial charge >= 0.3 is 0 Å². The molecule has 0 aromatic heterocycles. The first-order valence-corrected chi connectivity index (χ1v) is 10.6. The van der Waals surface area contributed by atoms with E-state index in [-0.39, 0.29) is 5.66 Å². The van der Waals surface area contributed by atoms with Crippen LogP contribution in [0.4, 0.5) is 0 Å². The smallest absolute Gasteiger partial charge is 0.154 e. The lowest BCUT2D eigenvalue weighted by Crippen LogP contribution is -2.20. The first-order chi connectivity index (χ1) is 12.6. The van der Waals surface area contributed by atoms with Crippen molar-refractivity contribution in [3.63, 3.8) is 0 Å². The number of hydrogen-bond acceptors (Lipinski definition) is 1. The van der Waals surface area contributed by atoms with Crippen molar-refractivity contribution in [2.45, 2.75) is 12.6 Å². The van der Waals surface area contributed by atoms with Gasteiger partial charge in [-0.2, -0.15) is 0 Å². The maximum absolute atomic E-state index is 14.6. The van der Waals surface area contributed by atoms with Crippen molar-refractivity contribution in [3.8, 4) is 0 Å². The fourth-order valence-electron chi connectivity index (χ4n) is 3.02. The topological polar surface area (TPSA) is 17.1 Å². The largest absolute Gasteiger partial charge is 0.313 e. The zero-order chi connectivity index (χ0) is 18.4. The molecule has 0 radical (unpaired) electrons. The molecule has 3 aromatic carbocycles. The summed E-state index contributed by atoms with van der Waals surface area (Å²) in [4.78, 5) is 0. The standard InChI is InChI=1S/C23H20ClOP/c1-19(24)17-18-23(20-11-5-2-6-12-20)26(25,21-13-7-3-8-14-21)22-15-9-4-10-16-22/h2-16,18,23H,1H3. The Labute approximate surface area is 160 Å². The lowest BCUT2D eigenvalue weighted by Gasteiger charge is -2.26. The number of hydrogen-bond donors (Lipinski definition) is 0. The van der Waals surface area contributed by atoms with Crippen LogP contribution >= 0.6 is 18.7 Å². The van der Waals surface area contributed by atoms with Crippen LogP contribution < -0.4 is 10.6 Å². The SMILES string of the molecule is CC(Cl)=C=CC(c1ccccc1)P(=O)(c1ccccc1)c1ccccc1. The Hall–Kier alpha value is -2.30. The van der Waals surface area contributed by atoms with Gasteiger partial charge in [0.1, 0.15) is 0 Å². The van der Waals surface area contributed by atoms with Gasteiger partial charge in [0.05, 0.1) is 10.7 Å². The van der Waals surface area contributed by atoms with Crippen LogP contribution in [0.2, 0.25) is 0 Å². The summed E-state index contributed by atoms with van der Waals surface area (Å²) in [5, 5.41) is 2.19. The van der Waals surface area contributed by atoms with Crippen molar-refractivity contribution in [1.82, 2.24) is 0 Å². The molecular formula is C23H20ClOP. The predicted octanol–water partition coefficient (Wildman–Crippen LogP) is 6.04. The van der Waals surface area contributed by atoms with Crippen LogP contribution in [-0.4, -0.2) is 0 Å². The lowest BCUT2D eigenvalue weighted by atomic mass is 10.1. The molecule has 0 bridgehead atoms. The van der Waals surface area contributed by atoms with E-state index in [0.29, 0.717) is 5.03 Å². The molecule has 3 rings (SSSR count). The molecule has 1 unspecified atom stereocenters. The predicted molar refractivity (Wildman–Crippen MR) is 112 cm³/mol. The van der Waals surface area contributed by atoms with Gasteiger partial charge in [0, 0.05) is 10.6 Å². The van der Waals surface area contributed by atoms with Gasteiger partial charge in [-0.25, -0.2) is 0 Å². The molecule has 0 N–H and O–H groups in total. The quantitative estimate of drug-likeness (QED) is 0.390. The van der Waals surface area contributed by atoms with E-state index in [2.05, 4.69) is 5.73 Å². The second kappa shape index (κ2) is 8.39. The molecule has 0 spiro atoms. The molecule has 3 aromatic rings. The van der Waals surface area contributed by atoms with Crippen LogP contribution in [0.5, 0.6) is 0 Å². The molecular weight excluding hydrogens is 359 g/mol. The fourth-order valence-corrected chi connectivity index (χ4v) is 6.13. The van der Waals surface area contributed by atoms with Crippen LogP contribution in [0.3, 0.4) is 0 Å². The average Bonchev–Trinajstić information content (AvgIpc) is 2.70. The highest BCUT2D eigenvalue weighted by Crippen LogP contribution is 2.57. The van der Waals surface area contributed by atoms with Crippen LogP contribution in [-0.2, 0) is 4.57 Å². The van der Waals surface area contributed by atoms with Gasteiger partial charge < -0.3 is 4.57 Å². The highest BCUT2D eigenvalue weighted by molar-refractivity contribution is 7.79. The summed E-state index contributed by atoms with van der Waals surface area (Å²) in [5.74, 6) is 0. The molecule has 26 heavy (non-hydrogen) atoms. The monoisotopic (exact) mass is 378 g/mol. The van der Waals surface area contributed by atoms with Crippen LogP contribution in [0.25, 0.3) is 0 Å². The Morgan fingerprint density at radius 1 is 0.846 bits per heavy atom. The highest BCUT2D eigenvalue weighted by Gasteiger charge is 2.36. The summed E-state index contributed by atoms with van der Waals surface area (Å²) in [6, 6.07) is 29.3. The zero-order valence-electron chi connectivity index (χ0n) is 14.5. The fraction of sp³-hybridized carbons (Fsp3) is 0.0870. The molecule has 0 aliphatic heterocycles. The maximum atomic E-state index is 14.6. The third kappa shape index (κ3) is 3.92. The van der Waals surface area contributed by atoms with Gasteiger partial charge in [0.2, 0.25) is 0 Å². The first kappa shape index (κ1) is 18.5. The van der Waals surface area contributed by atoms with E-state index in [0.717, 1.165) is 16.2 Å². The van der Waals surface area contributed by atoms with Crippen LogP contribution in [0.1, 0.15) is 18.1 Å². The van der Waals surface area contributed by atoms with Crippen molar-refractivity contribution >= 4 is 29.4 Å². The van der Waals surface area contributed by atoms with Crippen LogP contribution in [0, 0.1) is 0 Å². The van der Waals surface area contributed by atoms with E-state index in [1.165, 1.54) is 0 Å². The zero-order valence-corrected chi connectivity index (χ0v) is 16.2. The van der Waals surface area contributed by atoms with E-state index in [1.807, 2.05) is 97.1 Å². The molecule has 0 amide bonds. The van der Waals surface area contributed by atoms with Crippen LogP contribution in [0.15, 0.2) is 108 Å². The highest BCUT2D eigenvalue weighted by atomic mass is 35.5. The summed E-state index contributed by atoms with van der Waals surface area (Å²) in [6.07, 6.45) is 1.85. The summed E-state index contributed by atoms with van der Waals surface area (Å²) < 4.78 is 14.6. The van der Waals surface area contributed by atoms with Gasteiger partial charge in [-0.15, -0.1) is 5.73 Å². The Balaban J connectivity index is 2.30. The second-order valence-electron chi connectivity index (χ2n) is 6.03. The molecule has 0 saturated carbocycles. The molecule has 3 heteroatoms. The molecule has 0 aliphatic carbocycles. The number of halogens is 1. The molecule has 1 atom stereocenters. The van der Waals surface area contributed by atoms with Gasteiger partial charge in [-0.3, -0.25) is 0 Å². The van der Waals surface area contributed by atoms with E-state index in [9.17, 15) is 4.57 Å². The molecule has 0 aliphatic rings. The van der Waals surface area contributed by atoms with Crippen molar-refractivity contribution in [1.29, 1.82) is 0 Å². The lowest BCUT2D eigenvalue weighted by molar-refractivity contribution is 0.583. The third-order valence-electron chi connectivity index (χ3n) is 4.25. The third-order valence-corrected chi connectivity index (χ3v) is 7.72. The summed E-state index contributed by atoms with van der Waals surface area (Å²) >= 11 is 6.04. The summed E-state index contributed by atoms with van der Waals surface area (Å²) in [5.41, 5.74) is 3.71. The van der Waals surface area contributed by atoms with Crippen molar-refractivity contribution in [3.05, 3.63) is 113 Å². The van der Waals surface area contributed by atoms with Gasteiger partial charge in [0.15, 0.2) is 7.14 Å². The second-order valence-corrected chi connectivity index (χ2v) is 9.50. The number of rotatable bonds is 5. The Bertz CT molecular complexity index is 911. The Morgan fingerprint density at radius 3 is 1.69 bits per heavy atom. The van der Waals surface area contributed by atoms with E-state index >= 15 is 0 Å². The number of benzene rings is 3. The normalized spacial score (nSPS) is 12.1. The Morgan fingerprint density at radius 2 is 1.27 bits per heavy atom. The number of allylic oxidation sites excluding steroid dienone is 1. The van der Waals surface area contributed by atoms with Gasteiger partial charge in [-0.1, -0.05) is 103 Å². The van der Waals surface area contributed by atoms with E-state index in [4.69, 9.17) is 11.6 Å². The van der Waals surface area contributed by atoms with Crippen molar-refractivity contribution < 1.29 is 4.57 Å². The molecule has 0 saturated heterocycles. The minimum Gasteiger partial charge on any atom is -0.313 e. The van der Waals surface area contributed by atoms with Crippen molar-refractivity contribution in [2.24, 2.45) is 0 Å². The van der Waals surface area contributed by atoms with E-state index in [1.54, 1.807) is 6.92 Å². The Kier molecular flexibility index (Phi) is 5.96. The molecule has 130 valence electrons. The molecule has 1 nitrogen and oxygen atoms in total. The first-order valence-electron chi connectivity index (χ1n) is 8.47. The van der Waals surface area contributed by atoms with Gasteiger partial charge in [0.25, 0.3) is 0 Å². The van der Waals surface area contributed by atoms with Gasteiger partial charge in [-0.05, 0) is 18.6 Å². The van der Waals surface area contributed by atoms with Crippen molar-refractivity contribution in [2.75, 3.05) is 0 Å². The average molecular weight is 379 g/mol. The summed E-state index contributed by atoms with van der Waals surface area (Å²) in [6.45, 7) is 1.77.